The van der Waals surface area contributed by atoms with Gasteiger partial charge in [-0.1, -0.05) is 30.3 Å². The van der Waals surface area contributed by atoms with Crippen LogP contribution in [-0.4, -0.2) is 65.9 Å². The Morgan fingerprint density at radius 2 is 1.92 bits per heavy atom. The quantitative estimate of drug-likeness (QED) is 0.338. The van der Waals surface area contributed by atoms with Crippen LogP contribution in [-0.2, 0) is 4.79 Å². The number of nitriles is 1. The Morgan fingerprint density at radius 3 is 2.62 bits per heavy atom. The summed E-state index contributed by atoms with van der Waals surface area (Å²) < 4.78 is 5.89. The molecule has 1 amide bonds. The number of likely N-dealkylation sites (N-methyl/N-ethyl adjacent to an activating group) is 1. The van der Waals surface area contributed by atoms with E-state index in [9.17, 15) is 10.1 Å². The van der Waals surface area contributed by atoms with Gasteiger partial charge < -0.3 is 25.6 Å². The predicted molar refractivity (Wildman–Crippen MR) is 144 cm³/mol. The van der Waals surface area contributed by atoms with Crippen molar-refractivity contribution in [3.8, 4) is 28.7 Å². The lowest BCUT2D eigenvalue weighted by Gasteiger charge is -2.18. The monoisotopic (exact) mass is 497 g/mol. The second-order valence-corrected chi connectivity index (χ2v) is 9.20. The van der Waals surface area contributed by atoms with E-state index < -0.39 is 0 Å². The number of rotatable bonds is 9. The maximum Gasteiger partial charge on any atom is 0.264 e. The number of hydrogen-bond acceptors (Lipinski definition) is 8. The molecule has 9 heteroatoms. The molecule has 1 unspecified atom stereocenters. The van der Waals surface area contributed by atoms with Crippen molar-refractivity contribution in [2.45, 2.75) is 6.42 Å². The summed E-state index contributed by atoms with van der Waals surface area (Å²) >= 11 is 0. The molecule has 0 bridgehead atoms. The fourth-order valence-corrected chi connectivity index (χ4v) is 4.18. The number of nitrogen functional groups attached to an aromatic ring is 1. The predicted octanol–water partition coefficient (Wildman–Crippen LogP) is 3.79. The first-order valence-electron chi connectivity index (χ1n) is 12.2. The van der Waals surface area contributed by atoms with Crippen LogP contribution < -0.4 is 15.8 Å². The average Bonchev–Trinajstić information content (AvgIpc) is 3.38. The molecule has 3 aromatic rings. The highest BCUT2D eigenvalue weighted by Crippen LogP contribution is 2.33. The second kappa shape index (κ2) is 12.0. The molecule has 1 atom stereocenters. The van der Waals surface area contributed by atoms with Crippen LogP contribution in [0.2, 0.25) is 0 Å². The number of likely N-dealkylation sites (tertiary alicyclic amines) is 1. The van der Waals surface area contributed by atoms with E-state index in [-0.39, 0.29) is 17.4 Å². The molecule has 0 radical (unpaired) electrons. The molecule has 1 aromatic heterocycles. The maximum atomic E-state index is 12.8. The summed E-state index contributed by atoms with van der Waals surface area (Å²) in [4.78, 5) is 25.1. The molecule has 2 aromatic carbocycles. The number of carbonyl (C=O) groups is 1. The van der Waals surface area contributed by atoms with Crippen molar-refractivity contribution in [2.24, 2.45) is 5.92 Å². The number of amides is 1. The van der Waals surface area contributed by atoms with Crippen LogP contribution in [0.1, 0.15) is 6.42 Å². The van der Waals surface area contributed by atoms with Gasteiger partial charge in [-0.2, -0.15) is 5.26 Å². The molecule has 37 heavy (non-hydrogen) atoms. The number of nitrogens with one attached hydrogen (secondary N) is 1. The number of nitrogens with zero attached hydrogens (tertiary/aromatic N) is 5. The Hall–Kier alpha value is -4.42. The summed E-state index contributed by atoms with van der Waals surface area (Å²) in [5.41, 5.74) is 8.02. The summed E-state index contributed by atoms with van der Waals surface area (Å²) in [6.45, 7) is 2.36. The third-order valence-electron chi connectivity index (χ3n) is 6.14. The van der Waals surface area contributed by atoms with E-state index in [0.717, 1.165) is 23.3 Å². The molecule has 190 valence electrons. The minimum absolute atomic E-state index is 0.188. The zero-order valence-electron chi connectivity index (χ0n) is 21.1. The topological polar surface area (TPSA) is 120 Å². The molecule has 2 heterocycles. The van der Waals surface area contributed by atoms with Crippen molar-refractivity contribution in [3.63, 3.8) is 0 Å². The van der Waals surface area contributed by atoms with Gasteiger partial charge in [0.15, 0.2) is 0 Å². The summed E-state index contributed by atoms with van der Waals surface area (Å²) in [7, 11) is 3.79. The van der Waals surface area contributed by atoms with E-state index in [2.05, 4.69) is 15.3 Å². The van der Waals surface area contributed by atoms with Crippen molar-refractivity contribution >= 4 is 17.5 Å². The van der Waals surface area contributed by atoms with Crippen molar-refractivity contribution in [1.82, 2.24) is 19.8 Å². The SMILES string of the molecule is CN(C)CC=C(C#N)C(=O)N1CCC(CNc2ncnc(N)c2-c2ccc(Oc3ccccc3)cc2)C1. The Labute approximate surface area is 217 Å². The zero-order chi connectivity index (χ0) is 26.2. The van der Waals surface area contributed by atoms with E-state index in [0.29, 0.717) is 43.6 Å². The molecule has 3 N–H and O–H groups in total. The number of nitrogens with two attached hydrogens (primary N) is 1. The van der Waals surface area contributed by atoms with E-state index >= 15 is 0 Å². The summed E-state index contributed by atoms with van der Waals surface area (Å²) in [6.07, 6.45) is 3.96. The number of benzene rings is 2. The van der Waals surface area contributed by atoms with Gasteiger partial charge in [-0.05, 0) is 62.3 Å². The lowest BCUT2D eigenvalue weighted by atomic mass is 10.1. The van der Waals surface area contributed by atoms with Gasteiger partial charge in [0.2, 0.25) is 0 Å². The highest BCUT2D eigenvalue weighted by atomic mass is 16.5. The standard InChI is InChI=1S/C28H31N7O2/c1-34(2)14-13-22(16-29)28(36)35-15-12-20(18-35)17-31-27-25(26(30)32-19-33-27)21-8-10-24(11-9-21)37-23-6-4-3-5-7-23/h3-11,13,19-20H,12,14-15,17-18H2,1-2H3,(H3,30,31,32,33). The number of ether oxygens (including phenoxy) is 1. The van der Waals surface area contributed by atoms with Crippen LogP contribution in [0.4, 0.5) is 11.6 Å². The fourth-order valence-electron chi connectivity index (χ4n) is 4.18. The molecule has 1 fully saturated rings. The Balaban J connectivity index is 1.40. The third kappa shape index (κ3) is 6.63. The van der Waals surface area contributed by atoms with Crippen LogP contribution in [0, 0.1) is 17.2 Å². The molecule has 9 nitrogen and oxygen atoms in total. The van der Waals surface area contributed by atoms with Crippen LogP contribution in [0.5, 0.6) is 11.5 Å². The molecule has 0 aliphatic carbocycles. The van der Waals surface area contributed by atoms with E-state index in [1.54, 1.807) is 11.0 Å². The van der Waals surface area contributed by atoms with Gasteiger partial charge in [0.05, 0.1) is 5.56 Å². The highest BCUT2D eigenvalue weighted by Gasteiger charge is 2.28. The van der Waals surface area contributed by atoms with Gasteiger partial charge in [0.25, 0.3) is 5.91 Å². The Morgan fingerprint density at radius 1 is 1.19 bits per heavy atom. The van der Waals surface area contributed by atoms with Crippen LogP contribution in [0.15, 0.2) is 72.6 Å². The molecular formula is C28H31N7O2. The lowest BCUT2D eigenvalue weighted by molar-refractivity contribution is -0.125. The average molecular weight is 498 g/mol. The van der Waals surface area contributed by atoms with E-state index in [4.69, 9.17) is 10.5 Å². The number of anilines is 2. The summed E-state index contributed by atoms with van der Waals surface area (Å²) in [5, 5.41) is 12.8. The van der Waals surface area contributed by atoms with Gasteiger partial charge >= 0.3 is 0 Å². The fraction of sp³-hybridized carbons (Fsp3) is 0.286. The van der Waals surface area contributed by atoms with Crippen LogP contribution in [0.3, 0.4) is 0 Å². The summed E-state index contributed by atoms with van der Waals surface area (Å²) in [6, 6.07) is 19.3. The minimum atomic E-state index is -0.211. The molecule has 4 rings (SSSR count). The molecule has 1 aliphatic heterocycles. The number of hydrogen-bond donors (Lipinski definition) is 2. The Kier molecular flexibility index (Phi) is 8.33. The largest absolute Gasteiger partial charge is 0.457 e. The van der Waals surface area contributed by atoms with Gasteiger partial charge in [-0.15, -0.1) is 0 Å². The van der Waals surface area contributed by atoms with Crippen molar-refractivity contribution in [2.75, 3.05) is 51.3 Å². The number of carbonyl (C=O) groups excluding carboxylic acids is 1. The first-order valence-corrected chi connectivity index (χ1v) is 12.2. The van der Waals surface area contributed by atoms with E-state index in [1.807, 2.05) is 79.7 Å². The van der Waals surface area contributed by atoms with Crippen molar-refractivity contribution in [3.05, 3.63) is 72.6 Å². The van der Waals surface area contributed by atoms with E-state index in [1.165, 1.54) is 6.33 Å². The normalized spacial score (nSPS) is 15.5. The van der Waals surface area contributed by atoms with Crippen LogP contribution in [0.25, 0.3) is 11.1 Å². The molecule has 1 saturated heterocycles. The highest BCUT2D eigenvalue weighted by molar-refractivity contribution is 5.97. The van der Waals surface area contributed by atoms with Crippen molar-refractivity contribution in [1.29, 1.82) is 5.26 Å². The Bertz CT molecular complexity index is 1280. The zero-order valence-corrected chi connectivity index (χ0v) is 21.1. The first-order chi connectivity index (χ1) is 17.9. The molecule has 1 aliphatic rings. The minimum Gasteiger partial charge on any atom is -0.457 e. The van der Waals surface area contributed by atoms with Crippen LogP contribution >= 0.6 is 0 Å². The first kappa shape index (κ1) is 25.7. The molecule has 0 saturated carbocycles. The summed E-state index contributed by atoms with van der Waals surface area (Å²) in [5.74, 6) is 2.51. The smallest absolute Gasteiger partial charge is 0.264 e. The molecular weight excluding hydrogens is 466 g/mol. The van der Waals surface area contributed by atoms with Gasteiger partial charge in [-0.25, -0.2) is 9.97 Å². The second-order valence-electron chi connectivity index (χ2n) is 9.20. The lowest BCUT2D eigenvalue weighted by Crippen LogP contribution is -2.31. The third-order valence-corrected chi connectivity index (χ3v) is 6.14. The van der Waals surface area contributed by atoms with Crippen molar-refractivity contribution < 1.29 is 9.53 Å². The molecule has 0 spiro atoms. The van der Waals surface area contributed by atoms with Gasteiger partial charge in [0, 0.05) is 26.2 Å². The number of para-hydroxylation sites is 1. The number of aromatic nitrogens is 2. The van der Waals surface area contributed by atoms with Gasteiger partial charge in [0.1, 0.15) is 41.1 Å². The maximum absolute atomic E-state index is 12.8. The van der Waals surface area contributed by atoms with Gasteiger partial charge in [-0.3, -0.25) is 4.79 Å².